The fourth-order valence-corrected chi connectivity index (χ4v) is 2.73. The summed E-state index contributed by atoms with van der Waals surface area (Å²) in [6.45, 7) is 7.21. The van der Waals surface area contributed by atoms with Crippen molar-refractivity contribution in [3.63, 3.8) is 0 Å². The van der Waals surface area contributed by atoms with E-state index in [-0.39, 0.29) is 5.91 Å². The molecule has 1 aromatic rings. The topological polar surface area (TPSA) is 99.8 Å². The zero-order valence-corrected chi connectivity index (χ0v) is 16.2. The highest BCUT2D eigenvalue weighted by molar-refractivity contribution is 7.80. The molecule has 0 bridgehead atoms. The van der Waals surface area contributed by atoms with E-state index >= 15 is 0 Å². The number of hydrogen-bond acceptors (Lipinski definition) is 5. The average Bonchev–Trinajstić information content (AvgIpc) is 2.70. The lowest BCUT2D eigenvalue weighted by Gasteiger charge is -2.23. The minimum absolute atomic E-state index is 0.346. The average molecular weight is 393 g/mol. The number of carbonyl (C=O) groups excluding carboxylic acids is 1. The molecule has 2 rings (SSSR count). The van der Waals surface area contributed by atoms with Crippen LogP contribution in [0.4, 0.5) is 0 Å². The number of nitriles is 1. The third-order valence-electron chi connectivity index (χ3n) is 4.16. The van der Waals surface area contributed by atoms with Gasteiger partial charge in [0.15, 0.2) is 11.2 Å². The van der Waals surface area contributed by atoms with Crippen LogP contribution in [-0.4, -0.2) is 56.5 Å². The second kappa shape index (κ2) is 11.3. The van der Waals surface area contributed by atoms with Crippen molar-refractivity contribution in [2.24, 2.45) is 0 Å². The summed E-state index contributed by atoms with van der Waals surface area (Å²) < 4.78 is 10.9. The van der Waals surface area contributed by atoms with Gasteiger partial charge in [0.2, 0.25) is 0 Å². The van der Waals surface area contributed by atoms with Crippen molar-refractivity contribution in [3.8, 4) is 11.8 Å². The third-order valence-corrected chi connectivity index (χ3v) is 4.40. The Hall–Kier alpha value is -2.41. The lowest BCUT2D eigenvalue weighted by molar-refractivity contribution is -0.908. The number of amides is 1. The predicted octanol–water partition coefficient (Wildman–Crippen LogP) is -0.874. The van der Waals surface area contributed by atoms with E-state index in [0.717, 1.165) is 45.8 Å². The summed E-state index contributed by atoms with van der Waals surface area (Å²) in [6.07, 6.45) is 0.279. The number of benzene rings is 1. The van der Waals surface area contributed by atoms with Gasteiger partial charge in [-0.1, -0.05) is 0 Å². The van der Waals surface area contributed by atoms with Crippen LogP contribution in [0.15, 0.2) is 24.3 Å². The Balaban J connectivity index is 1.59. The number of ether oxygens (including phenoxy) is 2. The van der Waals surface area contributed by atoms with Gasteiger partial charge >= 0.3 is 0 Å². The molecule has 4 N–H and O–H groups in total. The molecule has 9 heteroatoms. The zero-order chi connectivity index (χ0) is 19.5. The van der Waals surface area contributed by atoms with Crippen LogP contribution in [0.3, 0.4) is 0 Å². The number of hydrogen-bond donors (Lipinski definition) is 4. The number of nitrogens with one attached hydrogen (secondary N) is 4. The summed E-state index contributed by atoms with van der Waals surface area (Å²) in [5, 5.41) is 12.2. The molecule has 1 aliphatic rings. The number of quaternary nitrogens is 1. The first-order valence-electron chi connectivity index (χ1n) is 9.00. The van der Waals surface area contributed by atoms with Crippen LogP contribution < -0.4 is 25.8 Å². The Labute approximate surface area is 164 Å². The molecule has 146 valence electrons. The van der Waals surface area contributed by atoms with Gasteiger partial charge in [-0.15, -0.1) is 0 Å². The number of thiocarbonyl (C=S) groups is 1. The standard InChI is InChI=1S/C18H25N5O3S/c1-14(26-16-5-3-15(13-19)4-6-16)17(24)21-22-18(27)20-7-2-8-23-9-11-25-12-10-23/h3-6,14H,2,7-12H2,1H3,(H,21,24)(H2,20,22,27)/p+1/t14-/m1/s1. The lowest BCUT2D eigenvalue weighted by atomic mass is 10.2. The Bertz CT molecular complexity index is 656. The van der Waals surface area contributed by atoms with Crippen molar-refractivity contribution in [1.82, 2.24) is 16.2 Å². The van der Waals surface area contributed by atoms with Crippen LogP contribution in [0.2, 0.25) is 0 Å². The Kier molecular flexibility index (Phi) is 8.77. The molecule has 1 amide bonds. The molecule has 0 unspecified atom stereocenters. The number of morpholine rings is 1. The maximum Gasteiger partial charge on any atom is 0.279 e. The van der Waals surface area contributed by atoms with Crippen molar-refractivity contribution in [1.29, 1.82) is 5.26 Å². The highest BCUT2D eigenvalue weighted by Crippen LogP contribution is 2.13. The fourth-order valence-electron chi connectivity index (χ4n) is 2.58. The number of hydrazine groups is 1. The number of carbonyl (C=O) groups is 1. The van der Waals surface area contributed by atoms with Crippen molar-refractivity contribution in [3.05, 3.63) is 29.8 Å². The van der Waals surface area contributed by atoms with Gasteiger partial charge < -0.3 is 19.7 Å². The summed E-state index contributed by atoms with van der Waals surface area (Å²) in [6, 6.07) is 8.60. The van der Waals surface area contributed by atoms with E-state index in [1.54, 1.807) is 36.1 Å². The van der Waals surface area contributed by atoms with Crippen LogP contribution in [0.5, 0.6) is 5.75 Å². The van der Waals surface area contributed by atoms with Crippen molar-refractivity contribution >= 4 is 23.2 Å². The minimum Gasteiger partial charge on any atom is -0.481 e. The van der Waals surface area contributed by atoms with Crippen LogP contribution in [0.25, 0.3) is 0 Å². The quantitative estimate of drug-likeness (QED) is 0.272. The van der Waals surface area contributed by atoms with Crippen LogP contribution in [-0.2, 0) is 9.53 Å². The normalized spacial score (nSPS) is 15.3. The van der Waals surface area contributed by atoms with Gasteiger partial charge in [-0.3, -0.25) is 15.6 Å². The molecular formula is C18H26N5O3S+. The molecule has 1 aromatic carbocycles. The molecular weight excluding hydrogens is 366 g/mol. The van der Waals surface area contributed by atoms with Gasteiger partial charge in [0, 0.05) is 13.0 Å². The van der Waals surface area contributed by atoms with E-state index < -0.39 is 6.10 Å². The summed E-state index contributed by atoms with van der Waals surface area (Å²) in [5.74, 6) is 0.171. The highest BCUT2D eigenvalue weighted by atomic mass is 32.1. The molecule has 27 heavy (non-hydrogen) atoms. The van der Waals surface area contributed by atoms with Gasteiger partial charge in [0.05, 0.1) is 31.4 Å². The van der Waals surface area contributed by atoms with Crippen LogP contribution in [0.1, 0.15) is 18.9 Å². The molecule has 1 heterocycles. The predicted molar refractivity (Wildman–Crippen MR) is 104 cm³/mol. The van der Waals surface area contributed by atoms with Crippen molar-refractivity contribution in [2.45, 2.75) is 19.4 Å². The van der Waals surface area contributed by atoms with Crippen molar-refractivity contribution < 1.29 is 19.2 Å². The van der Waals surface area contributed by atoms with E-state index in [2.05, 4.69) is 16.2 Å². The van der Waals surface area contributed by atoms with E-state index in [9.17, 15) is 4.79 Å². The van der Waals surface area contributed by atoms with Gasteiger partial charge in [-0.2, -0.15) is 5.26 Å². The highest BCUT2D eigenvalue weighted by Gasteiger charge is 2.15. The second-order valence-electron chi connectivity index (χ2n) is 6.23. The third kappa shape index (κ3) is 7.78. The van der Waals surface area contributed by atoms with E-state index in [0.29, 0.717) is 16.4 Å². The van der Waals surface area contributed by atoms with Gasteiger partial charge in [0.1, 0.15) is 18.8 Å². The molecule has 8 nitrogen and oxygen atoms in total. The molecule has 0 aromatic heterocycles. The Morgan fingerprint density at radius 3 is 2.70 bits per heavy atom. The Morgan fingerprint density at radius 1 is 1.33 bits per heavy atom. The minimum atomic E-state index is -0.710. The maximum absolute atomic E-state index is 12.1. The monoisotopic (exact) mass is 392 g/mol. The first kappa shape index (κ1) is 20.9. The molecule has 0 spiro atoms. The maximum atomic E-state index is 12.1. The summed E-state index contributed by atoms with van der Waals surface area (Å²) >= 11 is 5.15. The summed E-state index contributed by atoms with van der Waals surface area (Å²) in [4.78, 5) is 13.6. The molecule has 1 saturated heterocycles. The molecule has 1 aliphatic heterocycles. The van der Waals surface area contributed by atoms with E-state index in [4.69, 9.17) is 27.0 Å². The second-order valence-corrected chi connectivity index (χ2v) is 6.64. The number of rotatable bonds is 7. The molecule has 1 atom stereocenters. The van der Waals surface area contributed by atoms with Gasteiger partial charge in [-0.05, 0) is 43.4 Å². The van der Waals surface area contributed by atoms with E-state index in [1.807, 2.05) is 6.07 Å². The first-order valence-corrected chi connectivity index (χ1v) is 9.41. The SMILES string of the molecule is C[C@@H](Oc1ccc(C#N)cc1)C(=O)NNC(=S)NCCC[NH+]1CCOCC1. The number of nitrogens with zero attached hydrogens (tertiary/aromatic N) is 1. The summed E-state index contributed by atoms with van der Waals surface area (Å²) in [5.41, 5.74) is 5.74. The summed E-state index contributed by atoms with van der Waals surface area (Å²) in [7, 11) is 0. The molecule has 0 saturated carbocycles. The fraction of sp³-hybridized carbons (Fsp3) is 0.500. The smallest absolute Gasteiger partial charge is 0.279 e. The zero-order valence-electron chi connectivity index (χ0n) is 15.4. The van der Waals surface area contributed by atoms with Gasteiger partial charge in [0.25, 0.3) is 5.91 Å². The lowest BCUT2D eigenvalue weighted by Crippen LogP contribution is -3.14. The van der Waals surface area contributed by atoms with Crippen molar-refractivity contribution in [2.75, 3.05) is 39.4 Å². The van der Waals surface area contributed by atoms with Gasteiger partial charge in [-0.25, -0.2) is 0 Å². The molecule has 0 radical (unpaired) electrons. The first-order chi connectivity index (χ1) is 13.1. The largest absolute Gasteiger partial charge is 0.481 e. The van der Waals surface area contributed by atoms with Crippen LogP contribution in [0, 0.1) is 11.3 Å². The molecule has 0 aliphatic carbocycles. The van der Waals surface area contributed by atoms with E-state index in [1.165, 1.54) is 0 Å². The Morgan fingerprint density at radius 2 is 2.04 bits per heavy atom. The molecule has 1 fully saturated rings. The van der Waals surface area contributed by atoms with Crippen LogP contribution >= 0.6 is 12.2 Å².